The number of nitrogens with one attached hydrogen (secondary N) is 1. The lowest BCUT2D eigenvalue weighted by Crippen LogP contribution is -2.56. The second-order valence-electron chi connectivity index (χ2n) is 4.17. The zero-order valence-electron chi connectivity index (χ0n) is 9.08. The third-order valence-electron chi connectivity index (χ3n) is 2.59. The normalized spacial score (nSPS) is 32.0. The molecule has 1 saturated heterocycles. The molecule has 0 unspecified atom stereocenters. The van der Waals surface area contributed by atoms with Gasteiger partial charge in [-0.2, -0.15) is 8.42 Å². The molecular formula is C8H13NO6S2. The Bertz CT molecular complexity index is 549. The molecule has 1 rings (SSSR count). The highest BCUT2D eigenvalue weighted by molar-refractivity contribution is 7.94. The van der Waals surface area contributed by atoms with Crippen LogP contribution in [0.3, 0.4) is 0 Å². The van der Waals surface area contributed by atoms with Crippen LogP contribution in [-0.2, 0) is 24.7 Å². The summed E-state index contributed by atoms with van der Waals surface area (Å²) >= 11 is 0. The zero-order valence-corrected chi connectivity index (χ0v) is 10.7. The summed E-state index contributed by atoms with van der Waals surface area (Å²) in [5, 5.41) is 0.676. The van der Waals surface area contributed by atoms with E-state index in [-0.39, 0.29) is 0 Å². The highest BCUT2D eigenvalue weighted by Crippen LogP contribution is 2.28. The maximum absolute atomic E-state index is 11.4. The smallest absolute Gasteiger partial charge is 0.271 e. The maximum atomic E-state index is 11.4. The van der Waals surface area contributed by atoms with Gasteiger partial charge in [-0.15, -0.1) is 0 Å². The first-order valence-corrected chi connectivity index (χ1v) is 7.94. The van der Waals surface area contributed by atoms with Gasteiger partial charge >= 0.3 is 0 Å². The summed E-state index contributed by atoms with van der Waals surface area (Å²) in [6.45, 7) is 4.45. The summed E-state index contributed by atoms with van der Waals surface area (Å²) in [7, 11) is -8.19. The van der Waals surface area contributed by atoms with Crippen LogP contribution >= 0.6 is 0 Å². The van der Waals surface area contributed by atoms with Crippen molar-refractivity contribution in [3.05, 3.63) is 12.7 Å². The molecule has 17 heavy (non-hydrogen) atoms. The molecule has 1 amide bonds. The van der Waals surface area contributed by atoms with E-state index in [1.807, 2.05) is 0 Å². The van der Waals surface area contributed by atoms with Crippen molar-refractivity contribution in [3.63, 3.8) is 0 Å². The molecule has 0 aromatic heterocycles. The molecule has 2 N–H and O–H groups in total. The zero-order chi connectivity index (χ0) is 13.5. The van der Waals surface area contributed by atoms with Crippen LogP contribution < -0.4 is 5.32 Å². The first-order valence-electron chi connectivity index (χ1n) is 4.61. The quantitative estimate of drug-likeness (QED) is 0.492. The van der Waals surface area contributed by atoms with Gasteiger partial charge in [0.05, 0.1) is 17.0 Å². The van der Waals surface area contributed by atoms with E-state index in [0.29, 0.717) is 0 Å². The monoisotopic (exact) mass is 283 g/mol. The van der Waals surface area contributed by atoms with Crippen molar-refractivity contribution < 1.29 is 26.2 Å². The molecular weight excluding hydrogens is 270 g/mol. The van der Waals surface area contributed by atoms with Crippen molar-refractivity contribution in [2.75, 3.05) is 11.5 Å². The van der Waals surface area contributed by atoms with E-state index in [1.54, 1.807) is 0 Å². The average molecular weight is 283 g/mol. The molecule has 0 aliphatic carbocycles. The molecule has 0 radical (unpaired) electrons. The fourth-order valence-corrected chi connectivity index (χ4v) is 6.24. The number of amides is 1. The molecule has 1 aliphatic heterocycles. The summed E-state index contributed by atoms with van der Waals surface area (Å²) in [4.78, 5) is 11.2. The lowest BCUT2D eigenvalue weighted by Gasteiger charge is -2.28. The molecule has 0 aromatic carbocycles. The standard InChI is InChI=1S/C8H13NO6S2/c1-3-7(10)9-8(2)5-16(11,12)4-6(8)17(13,14)15/h3,6H,1,4-5H2,2H3,(H,9,10)(H,13,14,15)/t6-,8-/m1/s1. The lowest BCUT2D eigenvalue weighted by molar-refractivity contribution is -0.117. The van der Waals surface area contributed by atoms with Crippen LogP contribution in [0.5, 0.6) is 0 Å². The topological polar surface area (TPSA) is 118 Å². The highest BCUT2D eigenvalue weighted by atomic mass is 32.2. The Morgan fingerprint density at radius 2 is 2.12 bits per heavy atom. The second kappa shape index (κ2) is 4.07. The molecule has 0 bridgehead atoms. The Labute approximate surface area is 99.6 Å². The third-order valence-corrected chi connectivity index (χ3v) is 6.09. The van der Waals surface area contributed by atoms with E-state index >= 15 is 0 Å². The van der Waals surface area contributed by atoms with Crippen LogP contribution in [0.15, 0.2) is 12.7 Å². The summed E-state index contributed by atoms with van der Waals surface area (Å²) in [6, 6.07) is 0. The van der Waals surface area contributed by atoms with E-state index in [9.17, 15) is 21.6 Å². The number of hydrogen-bond acceptors (Lipinski definition) is 5. The van der Waals surface area contributed by atoms with Gasteiger partial charge in [-0.25, -0.2) is 8.42 Å². The van der Waals surface area contributed by atoms with E-state index in [4.69, 9.17) is 4.55 Å². The van der Waals surface area contributed by atoms with Gasteiger partial charge in [0.1, 0.15) is 5.25 Å². The minimum absolute atomic E-state index is 0.538. The predicted octanol–water partition coefficient (Wildman–Crippen LogP) is -1.27. The number of sulfone groups is 1. The first-order chi connectivity index (χ1) is 7.50. The van der Waals surface area contributed by atoms with Crippen LogP contribution in [0.1, 0.15) is 6.92 Å². The van der Waals surface area contributed by atoms with Crippen LogP contribution in [0.4, 0.5) is 0 Å². The highest BCUT2D eigenvalue weighted by Gasteiger charge is 2.53. The number of hydrogen-bond donors (Lipinski definition) is 2. The Balaban J connectivity index is 3.19. The molecule has 7 nitrogen and oxygen atoms in total. The Morgan fingerprint density at radius 3 is 2.53 bits per heavy atom. The van der Waals surface area contributed by atoms with Crippen molar-refractivity contribution in [2.45, 2.75) is 17.7 Å². The molecule has 9 heteroatoms. The largest absolute Gasteiger partial charge is 0.345 e. The van der Waals surface area contributed by atoms with Gasteiger partial charge in [0.2, 0.25) is 5.91 Å². The Morgan fingerprint density at radius 1 is 1.59 bits per heavy atom. The Hall–Kier alpha value is -0.930. The molecule has 1 heterocycles. The van der Waals surface area contributed by atoms with Crippen LogP contribution in [-0.4, -0.2) is 49.6 Å². The van der Waals surface area contributed by atoms with E-state index in [0.717, 1.165) is 6.08 Å². The van der Waals surface area contributed by atoms with Crippen LogP contribution in [0.2, 0.25) is 0 Å². The molecule has 0 saturated carbocycles. The number of carbonyl (C=O) groups is 1. The van der Waals surface area contributed by atoms with Gasteiger partial charge in [0.15, 0.2) is 9.84 Å². The second-order valence-corrected chi connectivity index (χ2v) is 7.88. The van der Waals surface area contributed by atoms with Crippen molar-refractivity contribution in [1.82, 2.24) is 5.32 Å². The summed E-state index contributed by atoms with van der Waals surface area (Å²) in [6.07, 6.45) is 0.900. The molecule has 0 aromatic rings. The van der Waals surface area contributed by atoms with Gasteiger partial charge in [-0.1, -0.05) is 6.58 Å². The minimum atomic E-state index is -4.56. The van der Waals surface area contributed by atoms with Crippen LogP contribution in [0.25, 0.3) is 0 Å². The molecule has 0 spiro atoms. The molecule has 2 atom stereocenters. The van der Waals surface area contributed by atoms with E-state index < -0.39 is 48.2 Å². The van der Waals surface area contributed by atoms with Gasteiger partial charge in [0.25, 0.3) is 10.1 Å². The summed E-state index contributed by atoms with van der Waals surface area (Å²) < 4.78 is 54.1. The molecule has 1 fully saturated rings. The fraction of sp³-hybridized carbons (Fsp3) is 0.625. The summed E-state index contributed by atoms with van der Waals surface area (Å²) in [5.74, 6) is -1.94. The molecule has 98 valence electrons. The minimum Gasteiger partial charge on any atom is -0.345 e. The van der Waals surface area contributed by atoms with Crippen LogP contribution in [0, 0.1) is 0 Å². The van der Waals surface area contributed by atoms with Crippen molar-refractivity contribution in [3.8, 4) is 0 Å². The van der Waals surface area contributed by atoms with Gasteiger partial charge < -0.3 is 5.32 Å². The predicted molar refractivity (Wildman–Crippen MR) is 60.7 cm³/mol. The maximum Gasteiger partial charge on any atom is 0.271 e. The van der Waals surface area contributed by atoms with Gasteiger partial charge in [-0.05, 0) is 13.0 Å². The van der Waals surface area contributed by atoms with E-state index in [1.165, 1.54) is 6.92 Å². The lowest BCUT2D eigenvalue weighted by atomic mass is 10.0. The van der Waals surface area contributed by atoms with Crippen molar-refractivity contribution >= 4 is 25.9 Å². The fourth-order valence-electron chi connectivity index (χ4n) is 1.89. The van der Waals surface area contributed by atoms with Crippen molar-refractivity contribution in [1.29, 1.82) is 0 Å². The number of rotatable bonds is 3. The average Bonchev–Trinajstić information content (AvgIpc) is 2.35. The van der Waals surface area contributed by atoms with Crippen molar-refractivity contribution in [2.24, 2.45) is 0 Å². The summed E-state index contributed by atoms with van der Waals surface area (Å²) in [5.41, 5.74) is -1.54. The third kappa shape index (κ3) is 3.05. The number of carbonyl (C=O) groups excluding carboxylic acids is 1. The first kappa shape index (κ1) is 14.1. The Kier molecular flexibility index (Phi) is 3.38. The van der Waals surface area contributed by atoms with E-state index in [2.05, 4.69) is 11.9 Å². The molecule has 1 aliphatic rings. The van der Waals surface area contributed by atoms with Gasteiger partial charge in [-0.3, -0.25) is 9.35 Å². The van der Waals surface area contributed by atoms with Gasteiger partial charge in [0, 0.05) is 0 Å². The SMILES string of the molecule is C=CC(=O)N[C@]1(C)CS(=O)(=O)C[C@H]1S(=O)(=O)O.